The predicted octanol–water partition coefficient (Wildman–Crippen LogP) is 2.99. The minimum absolute atomic E-state index is 0.675. The fourth-order valence-corrected chi connectivity index (χ4v) is 2.49. The Morgan fingerprint density at radius 1 is 1.22 bits per heavy atom. The van der Waals surface area contributed by atoms with E-state index in [0.29, 0.717) is 5.84 Å². The number of hydrogen-bond donors (Lipinski definition) is 0. The van der Waals surface area contributed by atoms with Gasteiger partial charge in [-0.2, -0.15) is 0 Å². The molecule has 0 aliphatic carbocycles. The van der Waals surface area contributed by atoms with Gasteiger partial charge in [0, 0.05) is 18.2 Å². The fraction of sp³-hybridized carbons (Fsp3) is 0.133. The highest BCUT2D eigenvalue weighted by Gasteiger charge is 2.23. The summed E-state index contributed by atoms with van der Waals surface area (Å²) in [5.74, 6) is 1.41. The molecule has 0 saturated heterocycles. The summed E-state index contributed by atoms with van der Waals surface area (Å²) in [7, 11) is 1.75. The first kappa shape index (κ1) is 10.8. The minimum Gasteiger partial charge on any atom is -0.270 e. The zero-order chi connectivity index (χ0) is 12.7. The van der Waals surface area contributed by atoms with Crippen molar-refractivity contribution < 1.29 is 0 Å². The number of benzene rings is 2. The van der Waals surface area contributed by atoms with Gasteiger partial charge in [0.1, 0.15) is 0 Å². The standard InChI is InChI=1S/C15H13N3/c1-9-11-7-5-4-6-10(11)8-12-13(9)15(17-3)18-14(12)16-2/h4-8H,3H2,1-2H3. The number of rotatable bonds is 0. The monoisotopic (exact) mass is 235 g/mol. The zero-order valence-corrected chi connectivity index (χ0v) is 10.4. The molecule has 2 aromatic carbocycles. The lowest BCUT2D eigenvalue weighted by atomic mass is 9.95. The summed E-state index contributed by atoms with van der Waals surface area (Å²) >= 11 is 0. The Morgan fingerprint density at radius 3 is 2.72 bits per heavy atom. The Labute approximate surface area is 106 Å². The van der Waals surface area contributed by atoms with E-state index in [1.807, 2.05) is 12.1 Å². The number of hydrogen-bond acceptors (Lipinski definition) is 2. The number of nitrogens with zero attached hydrogens (tertiary/aromatic N) is 3. The van der Waals surface area contributed by atoms with Gasteiger partial charge in [0.15, 0.2) is 11.7 Å². The SMILES string of the molecule is C=NC1=NC(=NC)c2cc3ccccc3c(C)c21. The maximum atomic E-state index is 4.41. The molecule has 1 heterocycles. The molecule has 0 aromatic heterocycles. The highest BCUT2D eigenvalue weighted by Crippen LogP contribution is 2.30. The lowest BCUT2D eigenvalue weighted by molar-refractivity contribution is 1.40. The second-order valence-corrected chi connectivity index (χ2v) is 4.29. The van der Waals surface area contributed by atoms with Crippen molar-refractivity contribution in [1.82, 2.24) is 0 Å². The van der Waals surface area contributed by atoms with Crippen LogP contribution in [0.15, 0.2) is 45.3 Å². The molecule has 0 radical (unpaired) electrons. The van der Waals surface area contributed by atoms with E-state index >= 15 is 0 Å². The van der Waals surface area contributed by atoms with Gasteiger partial charge < -0.3 is 0 Å². The maximum Gasteiger partial charge on any atom is 0.162 e. The van der Waals surface area contributed by atoms with Gasteiger partial charge in [-0.15, -0.1) is 0 Å². The second kappa shape index (κ2) is 3.88. The molecular weight excluding hydrogens is 222 g/mol. The molecule has 0 bridgehead atoms. The third-order valence-corrected chi connectivity index (χ3v) is 3.35. The van der Waals surface area contributed by atoms with Gasteiger partial charge in [-0.05, 0) is 36.0 Å². The minimum atomic E-state index is 0.675. The summed E-state index contributed by atoms with van der Waals surface area (Å²) in [6.45, 7) is 5.69. The van der Waals surface area contributed by atoms with Crippen LogP contribution in [0.2, 0.25) is 0 Å². The van der Waals surface area contributed by atoms with Crippen molar-refractivity contribution in [2.24, 2.45) is 15.0 Å². The zero-order valence-electron chi connectivity index (χ0n) is 10.4. The van der Waals surface area contributed by atoms with E-state index in [1.54, 1.807) is 7.05 Å². The van der Waals surface area contributed by atoms with Crippen molar-refractivity contribution in [2.45, 2.75) is 6.92 Å². The summed E-state index contributed by atoms with van der Waals surface area (Å²) in [6.07, 6.45) is 0. The molecule has 0 spiro atoms. The number of amidine groups is 2. The molecule has 3 heteroatoms. The molecular formula is C15H13N3. The molecule has 3 rings (SSSR count). The molecule has 1 aliphatic rings. The quantitative estimate of drug-likeness (QED) is 0.629. The molecule has 2 aromatic rings. The fourth-order valence-electron chi connectivity index (χ4n) is 2.49. The summed E-state index contributed by atoms with van der Waals surface area (Å²) in [4.78, 5) is 12.6. The first-order valence-electron chi connectivity index (χ1n) is 5.81. The molecule has 0 N–H and O–H groups in total. The van der Waals surface area contributed by atoms with Crippen LogP contribution in [0.25, 0.3) is 10.8 Å². The summed E-state index contributed by atoms with van der Waals surface area (Å²) in [5.41, 5.74) is 3.30. The molecule has 3 nitrogen and oxygen atoms in total. The first-order chi connectivity index (χ1) is 8.76. The van der Waals surface area contributed by atoms with Crippen molar-refractivity contribution in [2.75, 3.05) is 7.05 Å². The van der Waals surface area contributed by atoms with Crippen LogP contribution in [-0.4, -0.2) is 25.4 Å². The summed E-state index contributed by atoms with van der Waals surface area (Å²) < 4.78 is 0. The van der Waals surface area contributed by atoms with E-state index in [4.69, 9.17) is 0 Å². The van der Waals surface area contributed by atoms with Crippen LogP contribution in [0.4, 0.5) is 0 Å². The first-order valence-corrected chi connectivity index (χ1v) is 5.81. The van der Waals surface area contributed by atoms with Crippen LogP contribution in [0.5, 0.6) is 0 Å². The summed E-state index contributed by atoms with van der Waals surface area (Å²) in [6, 6.07) is 10.4. The molecule has 18 heavy (non-hydrogen) atoms. The normalized spacial score (nSPS) is 15.9. The topological polar surface area (TPSA) is 37.1 Å². The number of aryl methyl sites for hydroxylation is 1. The van der Waals surface area contributed by atoms with E-state index in [2.05, 4.69) is 46.8 Å². The second-order valence-electron chi connectivity index (χ2n) is 4.29. The lowest BCUT2D eigenvalue weighted by Gasteiger charge is -2.08. The number of fused-ring (bicyclic) bond motifs is 2. The van der Waals surface area contributed by atoms with Gasteiger partial charge in [0.05, 0.1) is 0 Å². The Morgan fingerprint density at radius 2 is 2.00 bits per heavy atom. The largest absolute Gasteiger partial charge is 0.270 e. The Kier molecular flexibility index (Phi) is 2.33. The van der Waals surface area contributed by atoms with E-state index in [0.717, 1.165) is 17.0 Å². The highest BCUT2D eigenvalue weighted by atomic mass is 15.0. The molecule has 88 valence electrons. The Balaban J connectivity index is 2.46. The van der Waals surface area contributed by atoms with Gasteiger partial charge in [0.25, 0.3) is 0 Å². The van der Waals surface area contributed by atoms with Crippen LogP contribution in [0.3, 0.4) is 0 Å². The van der Waals surface area contributed by atoms with Crippen molar-refractivity contribution >= 4 is 29.2 Å². The van der Waals surface area contributed by atoms with Gasteiger partial charge in [-0.25, -0.2) is 9.98 Å². The van der Waals surface area contributed by atoms with E-state index in [9.17, 15) is 0 Å². The van der Waals surface area contributed by atoms with Gasteiger partial charge in [0.2, 0.25) is 0 Å². The highest BCUT2D eigenvalue weighted by molar-refractivity contribution is 6.25. The maximum absolute atomic E-state index is 4.41. The smallest absolute Gasteiger partial charge is 0.162 e. The van der Waals surface area contributed by atoms with Crippen LogP contribution < -0.4 is 0 Å². The van der Waals surface area contributed by atoms with Crippen LogP contribution in [-0.2, 0) is 0 Å². The molecule has 0 amide bonds. The van der Waals surface area contributed by atoms with Crippen molar-refractivity contribution in [3.8, 4) is 0 Å². The van der Waals surface area contributed by atoms with E-state index < -0.39 is 0 Å². The molecule has 0 unspecified atom stereocenters. The van der Waals surface area contributed by atoms with E-state index in [1.165, 1.54) is 16.3 Å². The van der Waals surface area contributed by atoms with Crippen molar-refractivity contribution in [1.29, 1.82) is 0 Å². The van der Waals surface area contributed by atoms with Gasteiger partial charge >= 0.3 is 0 Å². The van der Waals surface area contributed by atoms with Gasteiger partial charge in [-0.3, -0.25) is 4.99 Å². The lowest BCUT2D eigenvalue weighted by Crippen LogP contribution is -2.00. The van der Waals surface area contributed by atoms with Crippen molar-refractivity contribution in [3.05, 3.63) is 47.0 Å². The average molecular weight is 235 g/mol. The number of aliphatic imine (C=N–C) groups is 3. The predicted molar refractivity (Wildman–Crippen MR) is 77.2 cm³/mol. The van der Waals surface area contributed by atoms with Crippen LogP contribution in [0.1, 0.15) is 16.7 Å². The molecule has 0 atom stereocenters. The Bertz CT molecular complexity index is 724. The molecule has 0 fully saturated rings. The third-order valence-electron chi connectivity index (χ3n) is 3.35. The van der Waals surface area contributed by atoms with Crippen molar-refractivity contribution in [3.63, 3.8) is 0 Å². The van der Waals surface area contributed by atoms with Crippen LogP contribution >= 0.6 is 0 Å². The average Bonchev–Trinajstić information content (AvgIpc) is 2.77. The Hall–Kier alpha value is -2.29. The molecule has 1 aliphatic heterocycles. The van der Waals surface area contributed by atoms with Gasteiger partial charge in [-0.1, -0.05) is 24.3 Å². The van der Waals surface area contributed by atoms with Crippen LogP contribution in [0, 0.1) is 6.92 Å². The summed E-state index contributed by atoms with van der Waals surface area (Å²) in [5, 5.41) is 2.43. The third kappa shape index (κ3) is 1.34. The van der Waals surface area contributed by atoms with E-state index in [-0.39, 0.29) is 0 Å². The molecule has 0 saturated carbocycles.